The number of nitrogens with one attached hydrogen (secondary N) is 1. The Balaban J connectivity index is 1.49. The summed E-state index contributed by atoms with van der Waals surface area (Å²) in [5.74, 6) is 0. The second kappa shape index (κ2) is 9.68. The van der Waals surface area contributed by atoms with Crippen LogP contribution in [0, 0.1) is 0 Å². The summed E-state index contributed by atoms with van der Waals surface area (Å²) in [5.41, 5.74) is 5.22. The van der Waals surface area contributed by atoms with Crippen LogP contribution in [-0.2, 0) is 14.8 Å². The highest BCUT2D eigenvalue weighted by atomic mass is 35.5. The average molecular weight is 491 g/mol. The van der Waals surface area contributed by atoms with Crippen LogP contribution in [0.4, 0.5) is 5.13 Å². The first-order chi connectivity index (χ1) is 15.3. The molecule has 1 saturated heterocycles. The van der Waals surface area contributed by atoms with Gasteiger partial charge in [0, 0.05) is 29.1 Å². The van der Waals surface area contributed by atoms with E-state index in [1.54, 1.807) is 36.5 Å². The van der Waals surface area contributed by atoms with Crippen LogP contribution in [0.15, 0.2) is 63.9 Å². The molecule has 1 N–H and O–H groups in total. The first-order valence-corrected chi connectivity index (χ1v) is 12.8. The molecule has 0 saturated carbocycles. The first-order valence-electron chi connectivity index (χ1n) is 10.1. The third-order valence-electron chi connectivity index (χ3n) is 4.90. The highest BCUT2D eigenvalue weighted by Gasteiger charge is 2.32. The summed E-state index contributed by atoms with van der Waals surface area (Å²) in [4.78, 5) is 4.78. The van der Waals surface area contributed by atoms with Crippen molar-refractivity contribution in [2.45, 2.75) is 31.0 Å². The molecule has 1 fully saturated rings. The predicted octanol–water partition coefficient (Wildman–Crippen LogP) is 4.71. The zero-order chi connectivity index (χ0) is 22.7. The summed E-state index contributed by atoms with van der Waals surface area (Å²) in [6.45, 7) is 4.45. The van der Waals surface area contributed by atoms with Crippen molar-refractivity contribution in [3.8, 4) is 11.3 Å². The van der Waals surface area contributed by atoms with Crippen molar-refractivity contribution in [1.82, 2.24) is 9.29 Å². The number of halogens is 1. The molecule has 0 amide bonds. The number of rotatable bonds is 6. The molecule has 7 nitrogen and oxygen atoms in total. The molecule has 1 aliphatic rings. The fourth-order valence-electron chi connectivity index (χ4n) is 3.46. The summed E-state index contributed by atoms with van der Waals surface area (Å²) >= 11 is 7.27. The van der Waals surface area contributed by atoms with Gasteiger partial charge in [0.1, 0.15) is 0 Å². The van der Waals surface area contributed by atoms with Gasteiger partial charge in [-0.25, -0.2) is 13.4 Å². The van der Waals surface area contributed by atoms with Gasteiger partial charge in [0.25, 0.3) is 0 Å². The van der Waals surface area contributed by atoms with Crippen LogP contribution in [0.5, 0.6) is 0 Å². The van der Waals surface area contributed by atoms with E-state index in [0.717, 1.165) is 11.1 Å². The van der Waals surface area contributed by atoms with E-state index in [1.807, 2.05) is 37.4 Å². The van der Waals surface area contributed by atoms with Gasteiger partial charge in [-0.1, -0.05) is 35.9 Å². The molecule has 168 valence electrons. The molecular weight excluding hydrogens is 468 g/mol. The molecule has 0 spiro atoms. The van der Waals surface area contributed by atoms with E-state index in [-0.39, 0.29) is 17.1 Å². The van der Waals surface area contributed by atoms with Gasteiger partial charge in [-0.3, -0.25) is 5.43 Å². The number of morpholine rings is 1. The smallest absolute Gasteiger partial charge is 0.243 e. The lowest BCUT2D eigenvalue weighted by molar-refractivity contribution is -0.0440. The van der Waals surface area contributed by atoms with Gasteiger partial charge in [-0.15, -0.1) is 11.3 Å². The first kappa shape index (κ1) is 22.9. The summed E-state index contributed by atoms with van der Waals surface area (Å²) in [5, 5.41) is 7.34. The maximum atomic E-state index is 13.2. The molecule has 2 aromatic carbocycles. The SMILES string of the molecule is C[C@@H]1CN(S(=O)(=O)c2cccc(-c3csc(NN=Cc4ccc(Cl)cc4)n3)c2)C[C@@H](C)O1. The standard InChI is InChI=1S/C22H23ClN4O3S2/c1-15-12-27(13-16(2)30-15)32(28,29)20-5-3-4-18(10-20)21-14-31-22(25-21)26-24-11-17-6-8-19(23)9-7-17/h3-11,14-16H,12-13H2,1-2H3,(H,25,26)/t15-,16-/m1/s1. The van der Waals surface area contributed by atoms with E-state index in [2.05, 4.69) is 15.5 Å². The summed E-state index contributed by atoms with van der Waals surface area (Å²) in [6, 6.07) is 14.2. The number of aromatic nitrogens is 1. The van der Waals surface area contributed by atoms with E-state index in [0.29, 0.717) is 28.9 Å². The molecular formula is C22H23ClN4O3S2. The van der Waals surface area contributed by atoms with Crippen LogP contribution >= 0.6 is 22.9 Å². The molecule has 4 rings (SSSR count). The van der Waals surface area contributed by atoms with Crippen molar-refractivity contribution in [3.05, 3.63) is 64.5 Å². The van der Waals surface area contributed by atoms with Crippen LogP contribution in [0.25, 0.3) is 11.3 Å². The van der Waals surface area contributed by atoms with Gasteiger partial charge in [0.05, 0.1) is 29.0 Å². The van der Waals surface area contributed by atoms with Gasteiger partial charge < -0.3 is 4.74 Å². The van der Waals surface area contributed by atoms with Crippen molar-refractivity contribution >= 4 is 44.3 Å². The number of benzene rings is 2. The molecule has 0 aliphatic carbocycles. The van der Waals surface area contributed by atoms with E-state index < -0.39 is 10.0 Å². The van der Waals surface area contributed by atoms with E-state index in [9.17, 15) is 8.42 Å². The zero-order valence-corrected chi connectivity index (χ0v) is 20.0. The Morgan fingerprint density at radius 3 is 2.62 bits per heavy atom. The highest BCUT2D eigenvalue weighted by molar-refractivity contribution is 7.89. The molecule has 2 atom stereocenters. The van der Waals surface area contributed by atoms with Gasteiger partial charge in [-0.2, -0.15) is 9.41 Å². The van der Waals surface area contributed by atoms with Crippen molar-refractivity contribution in [2.75, 3.05) is 18.5 Å². The molecule has 0 bridgehead atoms. The van der Waals surface area contributed by atoms with Crippen molar-refractivity contribution < 1.29 is 13.2 Å². The topological polar surface area (TPSA) is 83.9 Å². The number of sulfonamides is 1. The second-order valence-corrected chi connectivity index (χ2v) is 10.8. The Kier molecular flexibility index (Phi) is 6.92. The molecule has 1 aliphatic heterocycles. The number of hydrogen-bond acceptors (Lipinski definition) is 7. The van der Waals surface area contributed by atoms with Gasteiger partial charge >= 0.3 is 0 Å². The molecule has 1 aromatic heterocycles. The van der Waals surface area contributed by atoms with Gasteiger partial charge in [0.2, 0.25) is 15.2 Å². The third kappa shape index (κ3) is 5.36. The lowest BCUT2D eigenvalue weighted by Crippen LogP contribution is -2.48. The molecule has 2 heterocycles. The monoisotopic (exact) mass is 490 g/mol. The zero-order valence-electron chi connectivity index (χ0n) is 17.6. The van der Waals surface area contributed by atoms with Crippen LogP contribution in [0.2, 0.25) is 5.02 Å². The van der Waals surface area contributed by atoms with E-state index in [1.165, 1.54) is 15.6 Å². The van der Waals surface area contributed by atoms with Crippen LogP contribution < -0.4 is 5.43 Å². The Bertz CT molecular complexity index is 1200. The lowest BCUT2D eigenvalue weighted by Gasteiger charge is -2.34. The minimum absolute atomic E-state index is 0.141. The maximum absolute atomic E-state index is 13.2. The average Bonchev–Trinajstić information content (AvgIpc) is 3.23. The lowest BCUT2D eigenvalue weighted by atomic mass is 10.2. The second-order valence-electron chi connectivity index (χ2n) is 7.57. The van der Waals surface area contributed by atoms with Crippen molar-refractivity contribution in [1.29, 1.82) is 0 Å². The fourth-order valence-corrected chi connectivity index (χ4v) is 5.89. The van der Waals surface area contributed by atoms with E-state index in [4.69, 9.17) is 16.3 Å². The van der Waals surface area contributed by atoms with Crippen LogP contribution in [-0.4, -0.2) is 49.2 Å². The number of ether oxygens (including phenoxy) is 1. The Hall–Kier alpha value is -2.30. The molecule has 0 unspecified atom stereocenters. The predicted molar refractivity (Wildman–Crippen MR) is 129 cm³/mol. The number of nitrogens with zero attached hydrogens (tertiary/aromatic N) is 3. The maximum Gasteiger partial charge on any atom is 0.243 e. The summed E-state index contributed by atoms with van der Waals surface area (Å²) < 4.78 is 33.5. The van der Waals surface area contributed by atoms with E-state index >= 15 is 0 Å². The minimum Gasteiger partial charge on any atom is -0.373 e. The Labute approximate surface area is 196 Å². The van der Waals surface area contributed by atoms with Crippen molar-refractivity contribution in [3.63, 3.8) is 0 Å². The van der Waals surface area contributed by atoms with Crippen molar-refractivity contribution in [2.24, 2.45) is 5.10 Å². The molecule has 0 radical (unpaired) electrons. The van der Waals surface area contributed by atoms with Crippen LogP contribution in [0.3, 0.4) is 0 Å². The Morgan fingerprint density at radius 2 is 1.91 bits per heavy atom. The highest BCUT2D eigenvalue weighted by Crippen LogP contribution is 2.28. The summed E-state index contributed by atoms with van der Waals surface area (Å²) in [7, 11) is -3.62. The summed E-state index contributed by atoms with van der Waals surface area (Å²) in [6.07, 6.45) is 1.39. The molecule has 10 heteroatoms. The molecule has 3 aromatic rings. The quantitative estimate of drug-likeness (QED) is 0.399. The fraction of sp³-hybridized carbons (Fsp3) is 0.273. The number of thiazole rings is 1. The van der Waals surface area contributed by atoms with Gasteiger partial charge in [0.15, 0.2) is 0 Å². The largest absolute Gasteiger partial charge is 0.373 e. The minimum atomic E-state index is -3.62. The van der Waals surface area contributed by atoms with Crippen LogP contribution in [0.1, 0.15) is 19.4 Å². The Morgan fingerprint density at radius 1 is 1.19 bits per heavy atom. The number of hydrogen-bond donors (Lipinski definition) is 1. The van der Waals surface area contributed by atoms with Gasteiger partial charge in [-0.05, 0) is 43.7 Å². The third-order valence-corrected chi connectivity index (χ3v) is 7.73. The molecule has 32 heavy (non-hydrogen) atoms. The number of hydrazone groups is 1. The number of anilines is 1. The normalized spacial score (nSPS) is 20.0.